The van der Waals surface area contributed by atoms with Crippen LogP contribution in [0.1, 0.15) is 5.56 Å². The first kappa shape index (κ1) is 21.3. The third kappa shape index (κ3) is 7.54. The van der Waals surface area contributed by atoms with Gasteiger partial charge in [-0.25, -0.2) is 4.79 Å². The summed E-state index contributed by atoms with van der Waals surface area (Å²) < 4.78 is 36.2. The van der Waals surface area contributed by atoms with E-state index in [1.54, 1.807) is 24.5 Å². The van der Waals surface area contributed by atoms with Crippen molar-refractivity contribution < 1.29 is 42.8 Å². The first-order valence-electron chi connectivity index (χ1n) is 6.41. The molecule has 11 heteroatoms. The maximum Gasteiger partial charge on any atom is 0.430 e. The van der Waals surface area contributed by atoms with Crippen LogP contribution in [0.3, 0.4) is 0 Å². The van der Waals surface area contributed by atoms with Gasteiger partial charge in [-0.15, -0.1) is 0 Å². The molecular weight excluding hydrogens is 337 g/mol. The lowest BCUT2D eigenvalue weighted by Gasteiger charge is -2.10. The van der Waals surface area contributed by atoms with Crippen molar-refractivity contribution in [1.29, 1.82) is 0 Å². The highest BCUT2D eigenvalue weighted by atomic mass is 19.4. The molecule has 8 nitrogen and oxygen atoms in total. The summed E-state index contributed by atoms with van der Waals surface area (Å²) in [5.41, 5.74) is 0.910. The highest BCUT2D eigenvalue weighted by Crippen LogP contribution is 2.13. The van der Waals surface area contributed by atoms with Gasteiger partial charge in [0.2, 0.25) is 0 Å². The van der Waals surface area contributed by atoms with Crippen LogP contribution in [-0.4, -0.2) is 43.2 Å². The molecule has 0 aliphatic heterocycles. The fourth-order valence-corrected chi connectivity index (χ4v) is 1.50. The van der Waals surface area contributed by atoms with E-state index in [2.05, 4.69) is 4.74 Å². The van der Waals surface area contributed by atoms with Gasteiger partial charge in [-0.2, -0.15) is 13.2 Å². The van der Waals surface area contributed by atoms with Gasteiger partial charge in [0, 0.05) is 18.6 Å². The average Bonchev–Trinajstić information content (AvgIpc) is 2.51. The number of esters is 1. The number of nitrogens with two attached hydrogens (primary N) is 1. The van der Waals surface area contributed by atoms with Gasteiger partial charge < -0.3 is 20.0 Å². The van der Waals surface area contributed by atoms with Crippen molar-refractivity contribution in [3.05, 3.63) is 39.9 Å². The molecule has 0 unspecified atom stereocenters. The van der Waals surface area contributed by atoms with Gasteiger partial charge in [-0.3, -0.25) is 10.1 Å². The topological polar surface area (TPSA) is 126 Å². The van der Waals surface area contributed by atoms with E-state index in [1.807, 2.05) is 0 Å². The molecule has 0 aliphatic carbocycles. The van der Waals surface area contributed by atoms with Crippen LogP contribution >= 0.6 is 0 Å². The summed E-state index contributed by atoms with van der Waals surface area (Å²) in [4.78, 5) is 30.2. The number of non-ortho nitro benzene ring substituents is 1. The second-order valence-corrected chi connectivity index (χ2v) is 4.38. The number of quaternary nitrogens is 1. The largest absolute Gasteiger partial charge is 0.542 e. The number of nitrogens with zero attached hydrogens (tertiary/aromatic N) is 1. The number of methoxy groups -OCH3 is 1. The molecule has 0 radical (unpaired) electrons. The maximum absolute atomic E-state index is 11.4. The summed E-state index contributed by atoms with van der Waals surface area (Å²) in [7, 11) is 3.13. The van der Waals surface area contributed by atoms with Crippen molar-refractivity contribution in [2.75, 3.05) is 14.2 Å². The van der Waals surface area contributed by atoms with Crippen LogP contribution in [-0.2, 0) is 20.7 Å². The molecule has 0 aromatic heterocycles. The number of likely N-dealkylation sites (N-methyl/N-ethyl adjacent to an activating group) is 1. The Morgan fingerprint density at radius 3 is 2.04 bits per heavy atom. The van der Waals surface area contributed by atoms with E-state index < -0.39 is 17.1 Å². The Labute approximate surface area is 134 Å². The molecule has 0 aliphatic rings. The van der Waals surface area contributed by atoms with Gasteiger partial charge in [0.15, 0.2) is 6.04 Å². The predicted octanol–water partition coefficient (Wildman–Crippen LogP) is -0.829. The SMILES string of the molecule is C[NH2+][C@@H](Cc1ccc([N+](=O)[O-])cc1)C(=O)OC.O=C([O-])C(F)(F)F. The highest BCUT2D eigenvalue weighted by molar-refractivity contribution is 5.74. The Kier molecular flexibility index (Phi) is 8.39. The van der Waals surface area contributed by atoms with Crippen molar-refractivity contribution >= 4 is 17.6 Å². The molecule has 1 atom stereocenters. The fourth-order valence-electron chi connectivity index (χ4n) is 1.50. The van der Waals surface area contributed by atoms with Crippen LogP contribution in [0.2, 0.25) is 0 Å². The molecule has 1 rings (SSSR count). The Morgan fingerprint density at radius 1 is 1.29 bits per heavy atom. The van der Waals surface area contributed by atoms with Crippen LogP contribution in [0.25, 0.3) is 0 Å². The first-order valence-corrected chi connectivity index (χ1v) is 6.41. The van der Waals surface area contributed by atoms with Crippen LogP contribution in [0.4, 0.5) is 18.9 Å². The van der Waals surface area contributed by atoms with E-state index in [1.165, 1.54) is 19.2 Å². The quantitative estimate of drug-likeness (QED) is 0.419. The number of aliphatic carboxylic acids is 1. The molecule has 24 heavy (non-hydrogen) atoms. The molecule has 0 heterocycles. The second kappa shape index (κ2) is 9.45. The van der Waals surface area contributed by atoms with Gasteiger partial charge in [0.05, 0.1) is 19.1 Å². The number of hydrogen-bond acceptors (Lipinski definition) is 6. The first-order chi connectivity index (χ1) is 11.0. The highest BCUT2D eigenvalue weighted by Gasteiger charge is 2.28. The van der Waals surface area contributed by atoms with Crippen molar-refractivity contribution in [2.45, 2.75) is 18.6 Å². The van der Waals surface area contributed by atoms with Crippen LogP contribution in [0.5, 0.6) is 0 Å². The zero-order chi connectivity index (χ0) is 18.9. The zero-order valence-electron chi connectivity index (χ0n) is 12.7. The lowest BCUT2D eigenvalue weighted by Crippen LogP contribution is -2.89. The molecule has 0 spiro atoms. The number of halogens is 3. The molecule has 0 fully saturated rings. The van der Waals surface area contributed by atoms with Gasteiger partial charge in [-0.05, 0) is 5.56 Å². The van der Waals surface area contributed by atoms with E-state index in [4.69, 9.17) is 9.90 Å². The third-order valence-electron chi connectivity index (χ3n) is 2.74. The Hall–Kier alpha value is -2.69. The minimum atomic E-state index is -5.19. The van der Waals surface area contributed by atoms with Crippen molar-refractivity contribution in [3.63, 3.8) is 0 Å². The molecule has 2 N–H and O–H groups in total. The number of carboxylic acids is 1. The number of nitro groups is 1. The summed E-state index contributed by atoms with van der Waals surface area (Å²) in [6, 6.07) is 5.84. The average molecular weight is 352 g/mol. The minimum Gasteiger partial charge on any atom is -0.542 e. The number of hydrogen-bond donors (Lipinski definition) is 1. The molecule has 134 valence electrons. The van der Waals surface area contributed by atoms with E-state index in [0.717, 1.165) is 5.56 Å². The monoisotopic (exact) mass is 352 g/mol. The maximum atomic E-state index is 11.4. The standard InChI is InChI=1S/C11H14N2O4.C2HF3O2/c1-12-10(11(14)17-2)7-8-3-5-9(6-4-8)13(15)16;3-2(4,5)1(6)7/h3-6,10,12H,7H2,1-2H3;(H,6,7)/t10-;/m0./s1. The molecule has 1 aromatic carbocycles. The van der Waals surface area contributed by atoms with Crippen molar-refractivity contribution in [2.24, 2.45) is 0 Å². The van der Waals surface area contributed by atoms with Crippen molar-refractivity contribution in [3.8, 4) is 0 Å². The summed E-state index contributed by atoms with van der Waals surface area (Å²) in [5.74, 6) is -3.31. The molecule has 0 amide bonds. The number of alkyl halides is 3. The Bertz CT molecular complexity index is 574. The number of ether oxygens (including phenoxy) is 1. The fraction of sp³-hybridized carbons (Fsp3) is 0.385. The van der Waals surface area contributed by atoms with Crippen LogP contribution in [0.15, 0.2) is 24.3 Å². The lowest BCUT2D eigenvalue weighted by atomic mass is 10.1. The molecule has 0 saturated heterocycles. The van der Waals surface area contributed by atoms with Crippen molar-refractivity contribution in [1.82, 2.24) is 0 Å². The number of carboxylic acid groups (broad SMARTS) is 1. The van der Waals surface area contributed by atoms with Gasteiger partial charge in [0.1, 0.15) is 5.97 Å². The number of rotatable bonds is 5. The summed E-state index contributed by atoms with van der Waals surface area (Å²) >= 11 is 0. The summed E-state index contributed by atoms with van der Waals surface area (Å²) in [6.07, 6.45) is -4.71. The normalized spacial score (nSPS) is 11.7. The number of carbonyl (C=O) groups is 2. The van der Waals surface area contributed by atoms with Gasteiger partial charge in [-0.1, -0.05) is 12.1 Å². The molecule has 0 saturated carbocycles. The van der Waals surface area contributed by atoms with Crippen LogP contribution in [0, 0.1) is 10.1 Å². The summed E-state index contributed by atoms with van der Waals surface area (Å²) in [6.45, 7) is 0. The van der Waals surface area contributed by atoms with Crippen LogP contribution < -0.4 is 10.4 Å². The van der Waals surface area contributed by atoms with E-state index >= 15 is 0 Å². The minimum absolute atomic E-state index is 0.0452. The predicted molar refractivity (Wildman–Crippen MR) is 71.5 cm³/mol. The molecular formula is C13H15F3N2O6. The van der Waals surface area contributed by atoms with E-state index in [9.17, 15) is 28.1 Å². The summed E-state index contributed by atoms with van der Waals surface area (Å²) in [5, 5.41) is 21.0. The van der Waals surface area contributed by atoms with E-state index in [-0.39, 0.29) is 17.7 Å². The lowest BCUT2D eigenvalue weighted by molar-refractivity contribution is -0.651. The van der Waals surface area contributed by atoms with Gasteiger partial charge >= 0.3 is 12.1 Å². The molecule has 1 aromatic rings. The smallest absolute Gasteiger partial charge is 0.430 e. The van der Waals surface area contributed by atoms with Gasteiger partial charge in [0.25, 0.3) is 5.69 Å². The number of carbonyl (C=O) groups excluding carboxylic acids is 2. The number of benzene rings is 1. The molecule has 0 bridgehead atoms. The van der Waals surface area contributed by atoms with E-state index in [0.29, 0.717) is 6.42 Å². The second-order valence-electron chi connectivity index (χ2n) is 4.38. The third-order valence-corrected chi connectivity index (χ3v) is 2.74. The Balaban J connectivity index is 0.000000640. The Morgan fingerprint density at radius 2 is 1.75 bits per heavy atom. The zero-order valence-corrected chi connectivity index (χ0v) is 12.7. The number of nitro benzene ring substituents is 1.